The van der Waals surface area contributed by atoms with Crippen LogP contribution in [0.25, 0.3) is 33.4 Å². The lowest BCUT2D eigenvalue weighted by Gasteiger charge is -1.97. The molecule has 0 amide bonds. The lowest BCUT2D eigenvalue weighted by atomic mass is 10.1. The van der Waals surface area contributed by atoms with Crippen molar-refractivity contribution in [1.29, 1.82) is 0 Å². The molecule has 5 rings (SSSR count). The Morgan fingerprint density at radius 3 is 2.89 bits per heavy atom. The number of hydrogen-bond donors (Lipinski definition) is 3. The van der Waals surface area contributed by atoms with Crippen molar-refractivity contribution in [2.24, 2.45) is 4.99 Å². The van der Waals surface area contributed by atoms with Crippen LogP contribution in [-0.4, -0.2) is 36.8 Å². The molecule has 0 aliphatic rings. The van der Waals surface area contributed by atoms with Crippen molar-refractivity contribution in [3.63, 3.8) is 0 Å². The predicted octanol–water partition coefficient (Wildman–Crippen LogP) is 2.84. The first-order chi connectivity index (χ1) is 13.2. The second-order valence-electron chi connectivity index (χ2n) is 6.04. The van der Waals surface area contributed by atoms with E-state index in [0.29, 0.717) is 34.1 Å². The summed E-state index contributed by atoms with van der Waals surface area (Å²) in [6.07, 6.45) is 1.55. The fraction of sp³-hybridized carbons (Fsp3) is 0.0556. The molecule has 3 aromatic heterocycles. The minimum Gasteiger partial charge on any atom is -0.421 e. The molecule has 132 valence electrons. The highest BCUT2D eigenvalue weighted by molar-refractivity contribution is 6.11. The van der Waals surface area contributed by atoms with Crippen LogP contribution in [0.3, 0.4) is 0 Å². The second kappa shape index (κ2) is 5.77. The van der Waals surface area contributed by atoms with Gasteiger partial charge in [-0.3, -0.25) is 14.9 Å². The number of aromatic nitrogens is 6. The number of fused-ring (bicyclic) bond motifs is 3. The van der Waals surface area contributed by atoms with E-state index >= 15 is 0 Å². The third-order valence-corrected chi connectivity index (χ3v) is 4.26. The largest absolute Gasteiger partial charge is 0.421 e. The quantitative estimate of drug-likeness (QED) is 0.427. The number of nitrogens with one attached hydrogen (secondary N) is 3. The first-order valence-electron chi connectivity index (χ1n) is 8.21. The number of nitrogens with zero attached hydrogens (tertiary/aromatic N) is 4. The van der Waals surface area contributed by atoms with Crippen LogP contribution in [0.2, 0.25) is 0 Å². The van der Waals surface area contributed by atoms with Gasteiger partial charge in [-0.1, -0.05) is 6.07 Å². The van der Waals surface area contributed by atoms with E-state index in [0.717, 1.165) is 16.5 Å². The van der Waals surface area contributed by atoms with Crippen LogP contribution in [0.5, 0.6) is 0 Å². The molecule has 0 radical (unpaired) electrons. The SMILES string of the molecule is Cc1nnc(-c2cccc(N=Cc3c(=O)[nH]c4ccc5[nH][nH]nc5c34)c2)o1. The Labute approximate surface area is 151 Å². The highest BCUT2D eigenvalue weighted by atomic mass is 16.4. The summed E-state index contributed by atoms with van der Waals surface area (Å²) in [5.74, 6) is 0.920. The lowest BCUT2D eigenvalue weighted by Crippen LogP contribution is -2.04. The molecule has 0 bridgehead atoms. The van der Waals surface area contributed by atoms with Crippen LogP contribution in [0, 0.1) is 6.92 Å². The Bertz CT molecular complexity index is 1370. The maximum absolute atomic E-state index is 12.4. The van der Waals surface area contributed by atoms with E-state index in [-0.39, 0.29) is 5.56 Å². The third kappa shape index (κ3) is 2.53. The van der Waals surface area contributed by atoms with Gasteiger partial charge in [0.2, 0.25) is 11.8 Å². The number of rotatable bonds is 3. The molecule has 3 heterocycles. The molecule has 27 heavy (non-hydrogen) atoms. The Hall–Kier alpha value is -4.01. The first kappa shape index (κ1) is 15.3. The van der Waals surface area contributed by atoms with Crippen LogP contribution in [-0.2, 0) is 0 Å². The zero-order valence-electron chi connectivity index (χ0n) is 14.1. The Morgan fingerprint density at radius 2 is 2.04 bits per heavy atom. The highest BCUT2D eigenvalue weighted by Crippen LogP contribution is 2.25. The number of aliphatic imine (C=N–C) groups is 1. The van der Waals surface area contributed by atoms with Gasteiger partial charge in [0.1, 0.15) is 5.52 Å². The van der Waals surface area contributed by atoms with E-state index < -0.39 is 0 Å². The molecule has 9 heteroatoms. The summed E-state index contributed by atoms with van der Waals surface area (Å²) in [5.41, 5.74) is 3.87. The molecule has 0 fully saturated rings. The smallest absolute Gasteiger partial charge is 0.258 e. The topological polar surface area (TPSA) is 129 Å². The predicted molar refractivity (Wildman–Crippen MR) is 100 cm³/mol. The highest BCUT2D eigenvalue weighted by Gasteiger charge is 2.13. The van der Waals surface area contributed by atoms with Crippen molar-refractivity contribution in [2.45, 2.75) is 6.92 Å². The summed E-state index contributed by atoms with van der Waals surface area (Å²) >= 11 is 0. The van der Waals surface area contributed by atoms with Crippen molar-refractivity contribution < 1.29 is 4.42 Å². The van der Waals surface area contributed by atoms with Gasteiger partial charge in [-0.05, 0) is 30.3 Å². The van der Waals surface area contributed by atoms with Crippen LogP contribution < -0.4 is 5.56 Å². The van der Waals surface area contributed by atoms with Crippen LogP contribution >= 0.6 is 0 Å². The summed E-state index contributed by atoms with van der Waals surface area (Å²) in [6.45, 7) is 1.73. The number of aryl methyl sites for hydroxylation is 1. The van der Waals surface area contributed by atoms with Crippen molar-refractivity contribution in [2.75, 3.05) is 0 Å². The van der Waals surface area contributed by atoms with Gasteiger partial charge in [0.25, 0.3) is 5.56 Å². The molecule has 9 nitrogen and oxygen atoms in total. The lowest BCUT2D eigenvalue weighted by molar-refractivity contribution is 0.533. The van der Waals surface area contributed by atoms with Gasteiger partial charge in [-0.15, -0.1) is 10.2 Å². The Balaban J connectivity index is 1.59. The van der Waals surface area contributed by atoms with E-state index in [9.17, 15) is 4.79 Å². The van der Waals surface area contributed by atoms with Gasteiger partial charge >= 0.3 is 0 Å². The molecule has 0 saturated carbocycles. The molecule has 5 aromatic rings. The molecule has 0 unspecified atom stereocenters. The summed E-state index contributed by atoms with van der Waals surface area (Å²) in [7, 11) is 0. The third-order valence-electron chi connectivity index (χ3n) is 4.26. The van der Waals surface area contributed by atoms with Crippen molar-refractivity contribution in [1.82, 2.24) is 30.6 Å². The molecule has 0 atom stereocenters. The summed E-state index contributed by atoms with van der Waals surface area (Å²) in [5, 5.41) is 18.4. The van der Waals surface area contributed by atoms with E-state index in [4.69, 9.17) is 4.42 Å². The summed E-state index contributed by atoms with van der Waals surface area (Å²) < 4.78 is 5.45. The maximum Gasteiger partial charge on any atom is 0.258 e. The zero-order valence-corrected chi connectivity index (χ0v) is 14.1. The van der Waals surface area contributed by atoms with Gasteiger partial charge in [-0.25, -0.2) is 5.21 Å². The van der Waals surface area contributed by atoms with Crippen LogP contribution in [0.4, 0.5) is 5.69 Å². The molecule has 0 aliphatic carbocycles. The fourth-order valence-electron chi connectivity index (χ4n) is 3.03. The molecular weight excluding hydrogens is 346 g/mol. The number of hydrogen-bond acceptors (Lipinski definition) is 6. The molecule has 2 aromatic carbocycles. The van der Waals surface area contributed by atoms with Crippen LogP contribution in [0.15, 0.2) is 50.6 Å². The molecular formula is C18H13N7O2. The van der Waals surface area contributed by atoms with E-state index in [1.165, 1.54) is 0 Å². The molecule has 0 aliphatic heterocycles. The normalized spacial score (nSPS) is 11.9. The van der Waals surface area contributed by atoms with Gasteiger partial charge in [0.15, 0.2) is 0 Å². The first-order valence-corrected chi connectivity index (χ1v) is 8.21. The van der Waals surface area contributed by atoms with Crippen LogP contribution in [0.1, 0.15) is 11.5 Å². The van der Waals surface area contributed by atoms with E-state index in [1.54, 1.807) is 13.1 Å². The monoisotopic (exact) mass is 359 g/mol. The molecule has 3 N–H and O–H groups in total. The summed E-state index contributed by atoms with van der Waals surface area (Å²) in [4.78, 5) is 19.7. The van der Waals surface area contributed by atoms with E-state index in [2.05, 4.69) is 35.6 Å². The van der Waals surface area contributed by atoms with Gasteiger partial charge < -0.3 is 9.40 Å². The average molecular weight is 359 g/mol. The Morgan fingerprint density at radius 1 is 1.15 bits per heavy atom. The van der Waals surface area contributed by atoms with Gasteiger partial charge in [0, 0.05) is 24.1 Å². The van der Waals surface area contributed by atoms with Crippen molar-refractivity contribution in [3.8, 4) is 11.5 Å². The zero-order chi connectivity index (χ0) is 18.4. The minimum absolute atomic E-state index is 0.215. The number of benzene rings is 2. The van der Waals surface area contributed by atoms with Crippen molar-refractivity contribution >= 4 is 33.8 Å². The Kier molecular flexibility index (Phi) is 3.26. The fourth-order valence-corrected chi connectivity index (χ4v) is 3.03. The maximum atomic E-state index is 12.4. The number of aromatic amines is 3. The standard InChI is InChI=1S/C18H13N7O2/c1-9-21-24-18(27-9)10-3-2-4-11(7-10)19-8-12-15-13(20-17(12)26)5-6-14-16(15)23-25-22-14/h2-8,22,25H,1H3,(H,20,26). The molecule has 0 saturated heterocycles. The van der Waals surface area contributed by atoms with Crippen molar-refractivity contribution in [3.05, 3.63) is 58.2 Å². The molecule has 0 spiro atoms. The summed E-state index contributed by atoms with van der Waals surface area (Å²) in [6, 6.07) is 11.0. The average Bonchev–Trinajstić information content (AvgIpc) is 3.38. The van der Waals surface area contributed by atoms with E-state index in [1.807, 2.05) is 36.4 Å². The van der Waals surface area contributed by atoms with Gasteiger partial charge in [0.05, 0.1) is 22.3 Å². The number of H-pyrrole nitrogens is 3. The minimum atomic E-state index is -0.215. The second-order valence-corrected chi connectivity index (χ2v) is 6.04. The van der Waals surface area contributed by atoms with Gasteiger partial charge in [-0.2, -0.15) is 5.10 Å².